The summed E-state index contributed by atoms with van der Waals surface area (Å²) in [4.78, 5) is 12.6. The van der Waals surface area contributed by atoms with Crippen LogP contribution in [0, 0.1) is 6.92 Å². The van der Waals surface area contributed by atoms with Crippen LogP contribution < -0.4 is 10.1 Å². The summed E-state index contributed by atoms with van der Waals surface area (Å²) in [7, 11) is -1.84. The fraction of sp³-hybridized carbons (Fsp3) is 0.435. The van der Waals surface area contributed by atoms with Gasteiger partial charge in [0.15, 0.2) is 0 Å². The second kappa shape index (κ2) is 10.1. The first-order chi connectivity index (χ1) is 14.4. The van der Waals surface area contributed by atoms with Gasteiger partial charge in [0.1, 0.15) is 5.75 Å². The van der Waals surface area contributed by atoms with Crippen molar-refractivity contribution in [2.45, 2.75) is 50.3 Å². The number of methoxy groups -OCH3 is 1. The van der Waals surface area contributed by atoms with Gasteiger partial charge in [-0.1, -0.05) is 25.0 Å². The van der Waals surface area contributed by atoms with Gasteiger partial charge in [-0.3, -0.25) is 4.79 Å². The molecule has 0 radical (unpaired) electrons. The van der Waals surface area contributed by atoms with E-state index < -0.39 is 10.0 Å². The first kappa shape index (κ1) is 22.3. The summed E-state index contributed by atoms with van der Waals surface area (Å²) in [5.74, 6) is 0.727. The number of sulfonamides is 1. The second-order valence-corrected chi connectivity index (χ2v) is 9.63. The van der Waals surface area contributed by atoms with Crippen LogP contribution in [0.3, 0.4) is 0 Å². The minimum absolute atomic E-state index is 0.105. The van der Waals surface area contributed by atoms with Gasteiger partial charge in [-0.15, -0.1) is 0 Å². The molecule has 1 amide bonds. The van der Waals surface area contributed by atoms with Gasteiger partial charge >= 0.3 is 0 Å². The molecule has 2 aromatic rings. The number of ether oxygens (including phenoxy) is 1. The van der Waals surface area contributed by atoms with E-state index in [1.807, 2.05) is 25.1 Å². The minimum Gasteiger partial charge on any atom is -0.496 e. The highest BCUT2D eigenvalue weighted by molar-refractivity contribution is 7.89. The zero-order chi connectivity index (χ0) is 21.6. The quantitative estimate of drug-likeness (QED) is 0.716. The van der Waals surface area contributed by atoms with Crippen molar-refractivity contribution in [3.63, 3.8) is 0 Å². The van der Waals surface area contributed by atoms with E-state index in [-0.39, 0.29) is 10.8 Å². The van der Waals surface area contributed by atoms with Crippen molar-refractivity contribution in [2.75, 3.05) is 25.5 Å². The topological polar surface area (TPSA) is 75.7 Å². The van der Waals surface area contributed by atoms with E-state index in [2.05, 4.69) is 5.32 Å². The lowest BCUT2D eigenvalue weighted by molar-refractivity contribution is -0.116. The van der Waals surface area contributed by atoms with Gasteiger partial charge < -0.3 is 10.1 Å². The van der Waals surface area contributed by atoms with Crippen LogP contribution in [0.1, 0.15) is 43.2 Å². The Kier molecular flexibility index (Phi) is 7.50. The largest absolute Gasteiger partial charge is 0.496 e. The van der Waals surface area contributed by atoms with E-state index >= 15 is 0 Å². The number of aryl methyl sites for hydroxylation is 2. The highest BCUT2D eigenvalue weighted by Gasteiger charge is 2.24. The van der Waals surface area contributed by atoms with Crippen LogP contribution in [0.4, 0.5) is 5.69 Å². The number of hydrogen-bond acceptors (Lipinski definition) is 4. The summed E-state index contributed by atoms with van der Waals surface area (Å²) in [5, 5.41) is 2.85. The molecule has 1 aliphatic heterocycles. The predicted octanol–water partition coefficient (Wildman–Crippen LogP) is 4.14. The van der Waals surface area contributed by atoms with Crippen molar-refractivity contribution in [1.29, 1.82) is 0 Å². The van der Waals surface area contributed by atoms with Crippen molar-refractivity contribution in [3.05, 3.63) is 53.6 Å². The van der Waals surface area contributed by atoms with Crippen LogP contribution in [-0.2, 0) is 21.2 Å². The van der Waals surface area contributed by atoms with Crippen molar-refractivity contribution in [1.82, 2.24) is 4.31 Å². The summed E-state index contributed by atoms with van der Waals surface area (Å²) >= 11 is 0. The maximum absolute atomic E-state index is 12.8. The lowest BCUT2D eigenvalue weighted by Crippen LogP contribution is -2.31. The number of anilines is 1. The first-order valence-electron chi connectivity index (χ1n) is 10.4. The molecule has 0 saturated carbocycles. The van der Waals surface area contributed by atoms with Gasteiger partial charge in [-0.2, -0.15) is 4.31 Å². The Morgan fingerprint density at radius 3 is 2.30 bits per heavy atom. The molecule has 0 aromatic heterocycles. The predicted molar refractivity (Wildman–Crippen MR) is 118 cm³/mol. The molecule has 0 spiro atoms. The molecule has 6 nitrogen and oxygen atoms in total. The number of carbonyl (C=O) groups is 1. The van der Waals surface area contributed by atoms with E-state index in [1.165, 1.54) is 0 Å². The molecular formula is C23H30N2O4S. The van der Waals surface area contributed by atoms with E-state index in [0.717, 1.165) is 42.6 Å². The number of benzene rings is 2. The molecule has 1 fully saturated rings. The minimum atomic E-state index is -3.48. The molecule has 3 rings (SSSR count). The Labute approximate surface area is 179 Å². The Morgan fingerprint density at radius 1 is 1.03 bits per heavy atom. The van der Waals surface area contributed by atoms with E-state index in [0.29, 0.717) is 31.6 Å². The van der Waals surface area contributed by atoms with Gasteiger partial charge in [0.05, 0.1) is 12.0 Å². The summed E-state index contributed by atoms with van der Waals surface area (Å²) in [6, 6.07) is 12.3. The average molecular weight is 431 g/mol. The van der Waals surface area contributed by atoms with Gasteiger partial charge in [-0.25, -0.2) is 8.42 Å². The third kappa shape index (κ3) is 5.61. The first-order valence-corrected chi connectivity index (χ1v) is 11.9. The number of hydrogen-bond donors (Lipinski definition) is 1. The van der Waals surface area contributed by atoms with Crippen LogP contribution in [0.5, 0.6) is 5.75 Å². The Hall–Kier alpha value is -2.38. The van der Waals surface area contributed by atoms with Crippen LogP contribution in [0.15, 0.2) is 47.4 Å². The van der Waals surface area contributed by atoms with Crippen LogP contribution in [-0.4, -0.2) is 38.8 Å². The number of rotatable bonds is 7. The zero-order valence-corrected chi connectivity index (χ0v) is 18.5. The van der Waals surface area contributed by atoms with Crippen molar-refractivity contribution >= 4 is 21.6 Å². The van der Waals surface area contributed by atoms with Gasteiger partial charge in [-0.05, 0) is 67.6 Å². The standard InChI is InChI=1S/C23H30N2O4S/c1-18-17-19(7-13-22(18)29-2)8-14-23(26)24-20-9-11-21(12-10-20)30(27,28)25-15-5-3-4-6-16-25/h7,9-13,17H,3-6,8,14-16H2,1-2H3,(H,24,26). The molecule has 1 aliphatic rings. The Balaban J connectivity index is 1.57. The molecule has 0 bridgehead atoms. The fourth-order valence-corrected chi connectivity index (χ4v) is 5.24. The average Bonchev–Trinajstić information content (AvgIpc) is 3.03. The molecule has 1 N–H and O–H groups in total. The Bertz CT molecular complexity index is 963. The molecule has 2 aromatic carbocycles. The summed E-state index contributed by atoms with van der Waals surface area (Å²) in [5.41, 5.74) is 2.71. The van der Waals surface area contributed by atoms with Crippen molar-refractivity contribution in [3.8, 4) is 5.75 Å². The molecule has 0 unspecified atom stereocenters. The molecule has 7 heteroatoms. The normalized spacial score (nSPS) is 15.4. The zero-order valence-electron chi connectivity index (χ0n) is 17.7. The maximum Gasteiger partial charge on any atom is 0.243 e. The van der Waals surface area contributed by atoms with Gasteiger partial charge in [0, 0.05) is 25.2 Å². The molecule has 1 saturated heterocycles. The monoisotopic (exact) mass is 430 g/mol. The lowest BCUT2D eigenvalue weighted by atomic mass is 10.1. The van der Waals surface area contributed by atoms with Gasteiger partial charge in [0.2, 0.25) is 15.9 Å². The van der Waals surface area contributed by atoms with Crippen molar-refractivity contribution < 1.29 is 17.9 Å². The highest BCUT2D eigenvalue weighted by atomic mass is 32.2. The van der Waals surface area contributed by atoms with Crippen molar-refractivity contribution in [2.24, 2.45) is 0 Å². The van der Waals surface area contributed by atoms with Crippen LogP contribution in [0.25, 0.3) is 0 Å². The fourth-order valence-electron chi connectivity index (χ4n) is 3.72. The smallest absolute Gasteiger partial charge is 0.243 e. The van der Waals surface area contributed by atoms with Gasteiger partial charge in [0.25, 0.3) is 0 Å². The van der Waals surface area contributed by atoms with Crippen LogP contribution >= 0.6 is 0 Å². The summed E-state index contributed by atoms with van der Waals surface area (Å²) in [6.45, 7) is 3.13. The molecule has 1 heterocycles. The third-order valence-electron chi connectivity index (χ3n) is 5.44. The number of amides is 1. The highest BCUT2D eigenvalue weighted by Crippen LogP contribution is 2.22. The molecule has 0 atom stereocenters. The second-order valence-electron chi connectivity index (χ2n) is 7.69. The SMILES string of the molecule is COc1ccc(CCC(=O)Nc2ccc(S(=O)(=O)N3CCCCCC3)cc2)cc1C. The Morgan fingerprint density at radius 2 is 1.70 bits per heavy atom. The van der Waals surface area contributed by atoms with E-state index in [9.17, 15) is 13.2 Å². The number of nitrogens with one attached hydrogen (secondary N) is 1. The molecule has 0 aliphatic carbocycles. The maximum atomic E-state index is 12.8. The molecule has 162 valence electrons. The molecular weight excluding hydrogens is 400 g/mol. The summed E-state index contributed by atoms with van der Waals surface area (Å²) < 4.78 is 32.5. The molecule has 30 heavy (non-hydrogen) atoms. The van der Waals surface area contributed by atoms with Crippen LogP contribution in [0.2, 0.25) is 0 Å². The number of nitrogens with zero attached hydrogens (tertiary/aromatic N) is 1. The third-order valence-corrected chi connectivity index (χ3v) is 7.35. The number of carbonyl (C=O) groups excluding carboxylic acids is 1. The summed E-state index contributed by atoms with van der Waals surface area (Å²) in [6.07, 6.45) is 4.93. The van der Waals surface area contributed by atoms with E-state index in [4.69, 9.17) is 4.74 Å². The van der Waals surface area contributed by atoms with E-state index in [1.54, 1.807) is 35.7 Å². The lowest BCUT2D eigenvalue weighted by Gasteiger charge is -2.20.